The number of carbonyl (C=O) groups is 2. The first kappa shape index (κ1) is 25.7. The first-order chi connectivity index (χ1) is 15.4. The minimum Gasteiger partial charge on any atom is -0.504 e. The molecule has 0 aliphatic rings. The molecule has 0 fully saturated rings. The van der Waals surface area contributed by atoms with Crippen LogP contribution in [0.5, 0.6) is 11.5 Å². The summed E-state index contributed by atoms with van der Waals surface area (Å²) in [5.41, 5.74) is 1.06. The van der Waals surface area contributed by atoms with Crippen molar-refractivity contribution in [1.82, 2.24) is 0 Å². The number of esters is 1. The lowest BCUT2D eigenvalue weighted by atomic mass is 10.0. The lowest BCUT2D eigenvalue weighted by molar-refractivity contribution is -0.141. The molecule has 0 bridgehead atoms. The van der Waals surface area contributed by atoms with Gasteiger partial charge in [0.2, 0.25) is 0 Å². The van der Waals surface area contributed by atoms with Crippen molar-refractivity contribution in [3.05, 3.63) is 48.0 Å². The van der Waals surface area contributed by atoms with Gasteiger partial charge >= 0.3 is 12.1 Å². The number of ether oxygens (including phenoxy) is 4. The number of benzene rings is 2. The van der Waals surface area contributed by atoms with Crippen molar-refractivity contribution in [2.75, 3.05) is 38.2 Å². The van der Waals surface area contributed by atoms with Crippen molar-refractivity contribution in [3.63, 3.8) is 0 Å². The number of thioether (sulfide) groups is 1. The highest BCUT2D eigenvalue weighted by molar-refractivity contribution is 7.98. The van der Waals surface area contributed by atoms with E-state index in [0.717, 1.165) is 4.90 Å². The Morgan fingerprint density at radius 3 is 2.44 bits per heavy atom. The fourth-order valence-corrected chi connectivity index (χ4v) is 3.41. The van der Waals surface area contributed by atoms with Crippen LogP contribution >= 0.6 is 24.4 Å². The largest absolute Gasteiger partial charge is 0.504 e. The molecule has 0 spiro atoms. The summed E-state index contributed by atoms with van der Waals surface area (Å²) in [6.45, 7) is 0.0532. The number of hydrogen-bond donors (Lipinski definition) is 3. The molecule has 174 valence electrons. The number of phenolic OH excluding ortho intramolecular Hbond substituents is 1. The van der Waals surface area contributed by atoms with Crippen LogP contribution in [0.15, 0.2) is 47.4 Å². The Labute approximate surface area is 197 Å². The summed E-state index contributed by atoms with van der Waals surface area (Å²) in [7, 11) is 2.90. The maximum atomic E-state index is 12.6. The van der Waals surface area contributed by atoms with Crippen LogP contribution in [-0.2, 0) is 19.0 Å². The number of anilines is 1. The van der Waals surface area contributed by atoms with Gasteiger partial charge in [-0.15, -0.1) is 11.8 Å². The van der Waals surface area contributed by atoms with Gasteiger partial charge in [0, 0.05) is 24.1 Å². The Hall–Kier alpha value is -2.56. The standard InChI is InChI=1S/C22H27NO7S2/c1-27-18-9-4-14(12-17(18)24)21(19(28-2)10-11-29-20(25)13-31)30-22(26)23-15-5-7-16(32-3)8-6-15/h4-9,12,19,21,24,31H,10-11,13H2,1-3H3,(H,23,26)/t19-,21-/m1/s1. The van der Waals surface area contributed by atoms with E-state index < -0.39 is 24.3 Å². The Morgan fingerprint density at radius 1 is 1.16 bits per heavy atom. The lowest BCUT2D eigenvalue weighted by Gasteiger charge is -2.26. The smallest absolute Gasteiger partial charge is 0.412 e. The predicted octanol–water partition coefficient (Wildman–Crippen LogP) is 4.29. The molecule has 0 aliphatic heterocycles. The molecule has 2 aromatic rings. The van der Waals surface area contributed by atoms with Crippen molar-refractivity contribution < 1.29 is 33.6 Å². The second-order valence-electron chi connectivity index (χ2n) is 6.55. The van der Waals surface area contributed by atoms with Crippen molar-refractivity contribution >= 4 is 42.1 Å². The van der Waals surface area contributed by atoms with Crippen LogP contribution in [0.1, 0.15) is 18.1 Å². The van der Waals surface area contributed by atoms with E-state index in [1.54, 1.807) is 36.0 Å². The quantitative estimate of drug-likeness (QED) is 0.248. The number of nitrogens with one attached hydrogen (secondary N) is 1. The van der Waals surface area contributed by atoms with Crippen molar-refractivity contribution in [2.24, 2.45) is 0 Å². The number of thiol groups is 1. The Bertz CT molecular complexity index is 892. The first-order valence-electron chi connectivity index (χ1n) is 9.69. The number of methoxy groups -OCH3 is 2. The number of hydrogen-bond acceptors (Lipinski definition) is 9. The molecule has 2 N–H and O–H groups in total. The van der Waals surface area contributed by atoms with Gasteiger partial charge in [-0.25, -0.2) is 4.79 Å². The molecular weight excluding hydrogens is 454 g/mol. The zero-order valence-corrected chi connectivity index (χ0v) is 19.8. The van der Waals surface area contributed by atoms with Gasteiger partial charge < -0.3 is 24.1 Å². The fraction of sp³-hybridized carbons (Fsp3) is 0.364. The van der Waals surface area contributed by atoms with Gasteiger partial charge in [-0.05, 0) is 48.2 Å². The van der Waals surface area contributed by atoms with E-state index in [0.29, 0.717) is 11.3 Å². The minimum atomic E-state index is -0.892. The molecule has 0 heterocycles. The molecular formula is C22H27NO7S2. The van der Waals surface area contributed by atoms with E-state index in [2.05, 4.69) is 17.9 Å². The zero-order chi connectivity index (χ0) is 23.5. The number of carbonyl (C=O) groups excluding carboxylic acids is 2. The van der Waals surface area contributed by atoms with E-state index in [4.69, 9.17) is 18.9 Å². The highest BCUT2D eigenvalue weighted by Gasteiger charge is 2.28. The summed E-state index contributed by atoms with van der Waals surface area (Å²) in [5, 5.41) is 12.9. The van der Waals surface area contributed by atoms with E-state index in [-0.39, 0.29) is 30.3 Å². The highest BCUT2D eigenvalue weighted by Crippen LogP contribution is 2.33. The van der Waals surface area contributed by atoms with Gasteiger partial charge in [0.05, 0.1) is 19.5 Å². The van der Waals surface area contributed by atoms with Gasteiger partial charge in [0.15, 0.2) is 17.6 Å². The fourth-order valence-electron chi connectivity index (χ4n) is 2.91. The van der Waals surface area contributed by atoms with Crippen molar-refractivity contribution in [2.45, 2.75) is 23.5 Å². The number of rotatable bonds is 11. The summed E-state index contributed by atoms with van der Waals surface area (Å²) >= 11 is 5.46. The summed E-state index contributed by atoms with van der Waals surface area (Å²) in [4.78, 5) is 25.1. The van der Waals surface area contributed by atoms with Gasteiger partial charge in [-0.1, -0.05) is 6.07 Å². The Kier molecular flexibility index (Phi) is 10.5. The molecule has 2 atom stereocenters. The lowest BCUT2D eigenvalue weighted by Crippen LogP contribution is -2.29. The Morgan fingerprint density at radius 2 is 1.88 bits per heavy atom. The molecule has 0 unspecified atom stereocenters. The van der Waals surface area contributed by atoms with Crippen LogP contribution in [0.25, 0.3) is 0 Å². The maximum absolute atomic E-state index is 12.6. The van der Waals surface area contributed by atoms with E-state index >= 15 is 0 Å². The van der Waals surface area contributed by atoms with Crippen LogP contribution in [0.3, 0.4) is 0 Å². The third-order valence-corrected chi connectivity index (χ3v) is 5.54. The summed E-state index contributed by atoms with van der Waals surface area (Å²) < 4.78 is 21.4. The van der Waals surface area contributed by atoms with E-state index in [1.165, 1.54) is 20.3 Å². The average Bonchev–Trinajstić information content (AvgIpc) is 2.81. The molecule has 1 amide bonds. The van der Waals surface area contributed by atoms with Crippen molar-refractivity contribution in [1.29, 1.82) is 0 Å². The van der Waals surface area contributed by atoms with Crippen LogP contribution in [0, 0.1) is 0 Å². The van der Waals surface area contributed by atoms with Crippen LogP contribution in [-0.4, -0.2) is 56.1 Å². The first-order valence-corrected chi connectivity index (χ1v) is 11.5. The van der Waals surface area contributed by atoms with Crippen LogP contribution in [0.4, 0.5) is 10.5 Å². The molecule has 0 saturated heterocycles. The number of phenols is 1. The second-order valence-corrected chi connectivity index (χ2v) is 7.75. The normalized spacial score (nSPS) is 12.5. The maximum Gasteiger partial charge on any atom is 0.412 e. The van der Waals surface area contributed by atoms with Crippen LogP contribution < -0.4 is 10.1 Å². The molecule has 0 radical (unpaired) electrons. The molecule has 8 nitrogen and oxygen atoms in total. The topological polar surface area (TPSA) is 103 Å². The van der Waals surface area contributed by atoms with E-state index in [1.807, 2.05) is 18.4 Å². The molecule has 0 aliphatic carbocycles. The summed E-state index contributed by atoms with van der Waals surface area (Å²) in [6, 6.07) is 12.0. The third kappa shape index (κ3) is 7.54. The van der Waals surface area contributed by atoms with Gasteiger partial charge in [-0.2, -0.15) is 12.6 Å². The second kappa shape index (κ2) is 13.1. The molecule has 10 heteroatoms. The zero-order valence-electron chi connectivity index (χ0n) is 18.1. The summed E-state index contributed by atoms with van der Waals surface area (Å²) in [6.07, 6.45) is -0.0265. The highest BCUT2D eigenvalue weighted by atomic mass is 32.2. The molecule has 0 aromatic heterocycles. The minimum absolute atomic E-state index is 0.0400. The SMILES string of the molecule is COc1ccc([C@@H](OC(=O)Nc2ccc(SC)cc2)[C@@H](CCOC(=O)CS)OC)cc1O. The third-order valence-electron chi connectivity index (χ3n) is 4.54. The monoisotopic (exact) mass is 481 g/mol. The van der Waals surface area contributed by atoms with Crippen LogP contribution in [0.2, 0.25) is 0 Å². The average molecular weight is 482 g/mol. The van der Waals surface area contributed by atoms with Crippen molar-refractivity contribution in [3.8, 4) is 11.5 Å². The number of amides is 1. The van der Waals surface area contributed by atoms with Gasteiger partial charge in [0.1, 0.15) is 6.10 Å². The van der Waals surface area contributed by atoms with Gasteiger partial charge in [0.25, 0.3) is 0 Å². The Balaban J connectivity index is 2.20. The van der Waals surface area contributed by atoms with Gasteiger partial charge in [-0.3, -0.25) is 10.1 Å². The molecule has 2 aromatic carbocycles. The number of aromatic hydroxyl groups is 1. The molecule has 2 rings (SSSR count). The molecule has 32 heavy (non-hydrogen) atoms. The van der Waals surface area contributed by atoms with E-state index in [9.17, 15) is 14.7 Å². The predicted molar refractivity (Wildman–Crippen MR) is 126 cm³/mol. The summed E-state index contributed by atoms with van der Waals surface area (Å²) in [5.74, 6) is -0.332. The molecule has 0 saturated carbocycles.